The van der Waals surface area contributed by atoms with E-state index in [0.29, 0.717) is 6.54 Å². The van der Waals surface area contributed by atoms with Crippen molar-refractivity contribution in [2.75, 3.05) is 11.4 Å². The van der Waals surface area contributed by atoms with Crippen LogP contribution in [0.1, 0.15) is 32.8 Å². The quantitative estimate of drug-likeness (QED) is 0.532. The van der Waals surface area contributed by atoms with E-state index in [2.05, 4.69) is 0 Å². The highest BCUT2D eigenvalue weighted by atomic mass is 16.6. The van der Waals surface area contributed by atoms with Crippen LogP contribution in [0.2, 0.25) is 0 Å². The van der Waals surface area contributed by atoms with E-state index < -0.39 is 17.5 Å². The maximum Gasteiger partial charge on any atom is 0.397 e. The summed E-state index contributed by atoms with van der Waals surface area (Å²) < 4.78 is 5.14. The molecule has 0 saturated carbocycles. The molecule has 1 aliphatic heterocycles. The lowest BCUT2D eigenvalue weighted by Gasteiger charge is -2.29. The Kier molecular flexibility index (Phi) is 3.60. The van der Waals surface area contributed by atoms with Crippen LogP contribution in [0.5, 0.6) is 0 Å². The highest BCUT2D eigenvalue weighted by Crippen LogP contribution is 2.27. The van der Waals surface area contributed by atoms with Gasteiger partial charge in [-0.05, 0) is 45.2 Å². The minimum absolute atomic E-state index is 0.565. The van der Waals surface area contributed by atoms with E-state index in [1.807, 2.05) is 24.3 Å². The first-order valence-corrected chi connectivity index (χ1v) is 6.51. The number of esters is 1. The van der Waals surface area contributed by atoms with Crippen molar-refractivity contribution >= 4 is 17.6 Å². The molecule has 0 N–H and O–H groups in total. The van der Waals surface area contributed by atoms with Crippen LogP contribution < -0.4 is 4.90 Å². The largest absolute Gasteiger partial charge is 0.453 e. The van der Waals surface area contributed by atoms with E-state index in [4.69, 9.17) is 4.74 Å². The molecule has 0 unspecified atom stereocenters. The van der Waals surface area contributed by atoms with E-state index in [-0.39, 0.29) is 0 Å². The lowest BCUT2D eigenvalue weighted by molar-refractivity contribution is -0.162. The summed E-state index contributed by atoms with van der Waals surface area (Å²) in [7, 11) is 0. The van der Waals surface area contributed by atoms with Crippen molar-refractivity contribution in [3.63, 3.8) is 0 Å². The van der Waals surface area contributed by atoms with Gasteiger partial charge in [0.1, 0.15) is 5.60 Å². The average Bonchev–Trinajstić information content (AvgIpc) is 2.35. The Bertz CT molecular complexity index is 502. The third-order valence-electron chi connectivity index (χ3n) is 2.93. The zero-order chi connectivity index (χ0) is 14.0. The molecule has 1 amide bonds. The fraction of sp³-hybridized carbons (Fsp3) is 0.467. The van der Waals surface area contributed by atoms with Gasteiger partial charge in [0.2, 0.25) is 0 Å². The average molecular weight is 261 g/mol. The number of amides is 1. The summed E-state index contributed by atoms with van der Waals surface area (Å²) in [6.45, 7) is 5.82. The first kappa shape index (κ1) is 13.6. The van der Waals surface area contributed by atoms with Crippen LogP contribution in [-0.2, 0) is 20.7 Å². The number of rotatable bonds is 0. The molecule has 1 aromatic carbocycles. The van der Waals surface area contributed by atoms with Crippen molar-refractivity contribution in [3.8, 4) is 0 Å². The fourth-order valence-corrected chi connectivity index (χ4v) is 2.18. The van der Waals surface area contributed by atoms with Gasteiger partial charge in [-0.25, -0.2) is 4.79 Å². The molecule has 102 valence electrons. The summed E-state index contributed by atoms with van der Waals surface area (Å²) in [5, 5.41) is 0. The predicted molar refractivity (Wildman–Crippen MR) is 73.0 cm³/mol. The number of nitrogens with zero attached hydrogens (tertiary/aromatic N) is 1. The number of hydrogen-bond acceptors (Lipinski definition) is 3. The Hall–Kier alpha value is -1.84. The molecular weight excluding hydrogens is 242 g/mol. The van der Waals surface area contributed by atoms with Crippen molar-refractivity contribution in [3.05, 3.63) is 29.8 Å². The lowest BCUT2D eigenvalue weighted by atomic mass is 10.0. The first-order valence-electron chi connectivity index (χ1n) is 6.51. The molecule has 0 aromatic heterocycles. The second kappa shape index (κ2) is 5.03. The Balaban J connectivity index is 2.19. The number of para-hydroxylation sites is 1. The van der Waals surface area contributed by atoms with Gasteiger partial charge in [-0.3, -0.25) is 4.79 Å². The summed E-state index contributed by atoms with van der Waals surface area (Å²) >= 11 is 0. The highest BCUT2D eigenvalue weighted by Gasteiger charge is 2.30. The number of aryl methyl sites for hydroxylation is 1. The standard InChI is InChI=1S/C15H19NO3/c1-15(2,3)19-14(18)13(17)16-10-6-8-11-7-4-5-9-12(11)16/h4-5,7,9H,6,8,10H2,1-3H3. The molecule has 0 radical (unpaired) electrons. The van der Waals surface area contributed by atoms with Crippen LogP contribution in [0.3, 0.4) is 0 Å². The van der Waals surface area contributed by atoms with Crippen molar-refractivity contribution in [1.82, 2.24) is 0 Å². The summed E-state index contributed by atoms with van der Waals surface area (Å²) in [6, 6.07) is 7.68. The van der Waals surface area contributed by atoms with E-state index in [1.165, 1.54) is 4.90 Å². The number of anilines is 1. The number of hydrogen-bond donors (Lipinski definition) is 0. The Morgan fingerprint density at radius 2 is 1.89 bits per heavy atom. The molecule has 4 nitrogen and oxygen atoms in total. The molecule has 1 aliphatic rings. The van der Waals surface area contributed by atoms with Crippen LogP contribution >= 0.6 is 0 Å². The molecule has 2 rings (SSSR count). The zero-order valence-electron chi connectivity index (χ0n) is 11.6. The Labute approximate surface area is 113 Å². The molecule has 0 bridgehead atoms. The maximum absolute atomic E-state index is 12.2. The van der Waals surface area contributed by atoms with Gasteiger partial charge in [-0.2, -0.15) is 0 Å². The number of fused-ring (bicyclic) bond motifs is 1. The van der Waals surface area contributed by atoms with Gasteiger partial charge in [0, 0.05) is 12.2 Å². The van der Waals surface area contributed by atoms with Crippen molar-refractivity contribution in [1.29, 1.82) is 0 Å². The van der Waals surface area contributed by atoms with Gasteiger partial charge in [-0.15, -0.1) is 0 Å². The van der Waals surface area contributed by atoms with Gasteiger partial charge in [0.25, 0.3) is 0 Å². The minimum Gasteiger partial charge on any atom is -0.453 e. The fourth-order valence-electron chi connectivity index (χ4n) is 2.18. The Morgan fingerprint density at radius 1 is 1.21 bits per heavy atom. The summed E-state index contributed by atoms with van der Waals surface area (Å²) in [5.74, 6) is -1.37. The summed E-state index contributed by atoms with van der Waals surface area (Å²) in [5.41, 5.74) is 1.28. The Morgan fingerprint density at radius 3 is 2.58 bits per heavy atom. The lowest BCUT2D eigenvalue weighted by Crippen LogP contribution is -2.43. The van der Waals surface area contributed by atoms with Crippen molar-refractivity contribution in [2.45, 2.75) is 39.2 Å². The predicted octanol–water partition coefficient (Wildman–Crippen LogP) is 2.31. The SMILES string of the molecule is CC(C)(C)OC(=O)C(=O)N1CCCc2ccccc21. The highest BCUT2D eigenvalue weighted by molar-refractivity contribution is 6.38. The third kappa shape index (κ3) is 3.13. The number of ether oxygens (including phenoxy) is 1. The van der Waals surface area contributed by atoms with Crippen LogP contribution in [-0.4, -0.2) is 24.0 Å². The zero-order valence-corrected chi connectivity index (χ0v) is 11.6. The molecule has 0 atom stereocenters. The summed E-state index contributed by atoms with van der Waals surface area (Å²) in [6.07, 6.45) is 1.81. The molecule has 4 heteroatoms. The van der Waals surface area contributed by atoms with E-state index in [0.717, 1.165) is 24.1 Å². The number of carbonyl (C=O) groups is 2. The second-order valence-corrected chi connectivity index (χ2v) is 5.69. The molecular formula is C15H19NO3. The normalized spacial score (nSPS) is 14.8. The molecule has 19 heavy (non-hydrogen) atoms. The van der Waals surface area contributed by atoms with Crippen LogP contribution in [0.25, 0.3) is 0 Å². The van der Waals surface area contributed by atoms with Crippen LogP contribution in [0.15, 0.2) is 24.3 Å². The van der Waals surface area contributed by atoms with E-state index in [1.54, 1.807) is 20.8 Å². The van der Waals surface area contributed by atoms with E-state index in [9.17, 15) is 9.59 Å². The summed E-state index contributed by atoms with van der Waals surface area (Å²) in [4.78, 5) is 25.6. The van der Waals surface area contributed by atoms with Gasteiger partial charge in [0.05, 0.1) is 0 Å². The molecule has 0 aliphatic carbocycles. The topological polar surface area (TPSA) is 46.6 Å². The van der Waals surface area contributed by atoms with Gasteiger partial charge in [0.15, 0.2) is 0 Å². The smallest absolute Gasteiger partial charge is 0.397 e. The number of benzene rings is 1. The van der Waals surface area contributed by atoms with Gasteiger partial charge in [-0.1, -0.05) is 18.2 Å². The van der Waals surface area contributed by atoms with Crippen molar-refractivity contribution < 1.29 is 14.3 Å². The van der Waals surface area contributed by atoms with Crippen LogP contribution in [0, 0.1) is 0 Å². The number of carbonyl (C=O) groups excluding carboxylic acids is 2. The third-order valence-corrected chi connectivity index (χ3v) is 2.93. The van der Waals surface area contributed by atoms with Gasteiger partial charge < -0.3 is 9.64 Å². The molecule has 0 spiro atoms. The first-order chi connectivity index (χ1) is 8.88. The monoisotopic (exact) mass is 261 g/mol. The minimum atomic E-state index is -0.788. The maximum atomic E-state index is 12.2. The van der Waals surface area contributed by atoms with Gasteiger partial charge >= 0.3 is 11.9 Å². The van der Waals surface area contributed by atoms with Crippen LogP contribution in [0.4, 0.5) is 5.69 Å². The molecule has 1 aromatic rings. The van der Waals surface area contributed by atoms with E-state index >= 15 is 0 Å². The molecule has 0 saturated heterocycles. The molecule has 0 fully saturated rings. The second-order valence-electron chi connectivity index (χ2n) is 5.69. The molecule has 1 heterocycles. The van der Waals surface area contributed by atoms with Crippen molar-refractivity contribution in [2.24, 2.45) is 0 Å².